The summed E-state index contributed by atoms with van der Waals surface area (Å²) in [6.07, 6.45) is 4.12. The lowest BCUT2D eigenvalue weighted by Gasteiger charge is -2.34. The van der Waals surface area contributed by atoms with Gasteiger partial charge in [-0.15, -0.1) is 0 Å². The Hall–Kier alpha value is -0.830. The highest BCUT2D eigenvalue weighted by molar-refractivity contribution is 5.82. The Bertz CT molecular complexity index is 328. The summed E-state index contributed by atoms with van der Waals surface area (Å²) in [4.78, 5) is 14.1. The fraction of sp³-hybridized carbons (Fsp3) is 0.800. The molecule has 0 saturated heterocycles. The second-order valence-electron chi connectivity index (χ2n) is 6.42. The van der Waals surface area contributed by atoms with E-state index in [9.17, 15) is 4.79 Å². The van der Waals surface area contributed by atoms with E-state index < -0.39 is 0 Å². The fourth-order valence-corrected chi connectivity index (χ4v) is 2.26. The lowest BCUT2D eigenvalue weighted by molar-refractivity contribution is -0.133. The SMILES string of the molecule is CC[C@H](C)[C@H](N)C(=O)N1CC=C(C(C)(C)C)CC1. The first-order valence-electron chi connectivity index (χ1n) is 7.01. The van der Waals surface area contributed by atoms with Crippen molar-refractivity contribution in [2.75, 3.05) is 13.1 Å². The molecule has 1 aliphatic rings. The Labute approximate surface area is 111 Å². The van der Waals surface area contributed by atoms with Crippen LogP contribution in [0.1, 0.15) is 47.5 Å². The maximum Gasteiger partial charge on any atom is 0.240 e. The van der Waals surface area contributed by atoms with Crippen molar-refractivity contribution >= 4 is 5.91 Å². The van der Waals surface area contributed by atoms with Gasteiger partial charge >= 0.3 is 0 Å². The molecule has 0 aliphatic carbocycles. The van der Waals surface area contributed by atoms with E-state index in [1.165, 1.54) is 5.57 Å². The maximum atomic E-state index is 12.2. The highest BCUT2D eigenvalue weighted by atomic mass is 16.2. The van der Waals surface area contributed by atoms with Gasteiger partial charge in [0.1, 0.15) is 0 Å². The predicted molar refractivity (Wildman–Crippen MR) is 76.2 cm³/mol. The summed E-state index contributed by atoms with van der Waals surface area (Å²) < 4.78 is 0. The zero-order chi connectivity index (χ0) is 13.9. The summed E-state index contributed by atoms with van der Waals surface area (Å²) in [5.41, 5.74) is 7.67. The van der Waals surface area contributed by atoms with Gasteiger partial charge < -0.3 is 10.6 Å². The molecular formula is C15H28N2O. The molecule has 0 aromatic heterocycles. The van der Waals surface area contributed by atoms with Gasteiger partial charge in [0, 0.05) is 13.1 Å². The van der Waals surface area contributed by atoms with Crippen LogP contribution in [-0.2, 0) is 4.79 Å². The fourth-order valence-electron chi connectivity index (χ4n) is 2.26. The largest absolute Gasteiger partial charge is 0.337 e. The molecule has 0 fully saturated rings. The smallest absolute Gasteiger partial charge is 0.240 e. The first kappa shape index (κ1) is 15.2. The van der Waals surface area contributed by atoms with E-state index in [1.807, 2.05) is 11.8 Å². The molecule has 0 unspecified atom stereocenters. The van der Waals surface area contributed by atoms with Gasteiger partial charge in [-0.2, -0.15) is 0 Å². The van der Waals surface area contributed by atoms with Crippen molar-refractivity contribution in [3.05, 3.63) is 11.6 Å². The molecule has 104 valence electrons. The summed E-state index contributed by atoms with van der Waals surface area (Å²) in [5, 5.41) is 0. The van der Waals surface area contributed by atoms with E-state index in [-0.39, 0.29) is 23.3 Å². The van der Waals surface area contributed by atoms with Crippen molar-refractivity contribution in [2.24, 2.45) is 17.1 Å². The molecule has 0 spiro atoms. The molecule has 1 rings (SSSR count). The summed E-state index contributed by atoms with van der Waals surface area (Å²) >= 11 is 0. The Balaban J connectivity index is 2.63. The van der Waals surface area contributed by atoms with Crippen LogP contribution in [0, 0.1) is 11.3 Å². The molecule has 0 saturated carbocycles. The molecule has 0 radical (unpaired) electrons. The van der Waals surface area contributed by atoms with Gasteiger partial charge in [-0.3, -0.25) is 4.79 Å². The minimum absolute atomic E-state index is 0.105. The van der Waals surface area contributed by atoms with Crippen molar-refractivity contribution in [3.63, 3.8) is 0 Å². The quantitative estimate of drug-likeness (QED) is 0.785. The number of amides is 1. The normalized spacial score (nSPS) is 20.3. The molecule has 0 aromatic rings. The van der Waals surface area contributed by atoms with Crippen LogP contribution < -0.4 is 5.73 Å². The van der Waals surface area contributed by atoms with Gasteiger partial charge in [-0.1, -0.05) is 52.7 Å². The van der Waals surface area contributed by atoms with Gasteiger partial charge in [0.05, 0.1) is 6.04 Å². The molecule has 0 aromatic carbocycles. The average Bonchev–Trinajstić information content (AvgIpc) is 2.35. The van der Waals surface area contributed by atoms with Gasteiger partial charge in [0.25, 0.3) is 0 Å². The van der Waals surface area contributed by atoms with E-state index in [0.29, 0.717) is 0 Å². The summed E-state index contributed by atoms with van der Waals surface area (Å²) in [5.74, 6) is 0.360. The Morgan fingerprint density at radius 2 is 2.11 bits per heavy atom. The van der Waals surface area contributed by atoms with Crippen molar-refractivity contribution in [3.8, 4) is 0 Å². The highest BCUT2D eigenvalue weighted by Gasteiger charge is 2.28. The first-order valence-corrected chi connectivity index (χ1v) is 7.01. The summed E-state index contributed by atoms with van der Waals surface area (Å²) in [6, 6.07) is -0.348. The number of hydrogen-bond donors (Lipinski definition) is 1. The van der Waals surface area contributed by atoms with E-state index in [0.717, 1.165) is 25.9 Å². The molecule has 0 bridgehead atoms. The molecule has 1 aliphatic heterocycles. The second-order valence-corrected chi connectivity index (χ2v) is 6.42. The lowest BCUT2D eigenvalue weighted by atomic mass is 9.83. The molecule has 1 amide bonds. The number of carbonyl (C=O) groups is 1. The highest BCUT2D eigenvalue weighted by Crippen LogP contribution is 2.30. The molecule has 18 heavy (non-hydrogen) atoms. The minimum Gasteiger partial charge on any atom is -0.337 e. The van der Waals surface area contributed by atoms with Crippen LogP contribution >= 0.6 is 0 Å². The van der Waals surface area contributed by atoms with Crippen LogP contribution in [0.15, 0.2) is 11.6 Å². The van der Waals surface area contributed by atoms with E-state index in [2.05, 4.69) is 33.8 Å². The molecule has 1 heterocycles. The van der Waals surface area contributed by atoms with Gasteiger partial charge in [-0.05, 0) is 17.8 Å². The molecule has 2 N–H and O–H groups in total. The molecular weight excluding hydrogens is 224 g/mol. The standard InChI is InChI=1S/C15H28N2O/c1-6-11(2)13(16)14(18)17-9-7-12(8-10-17)15(3,4)5/h7,11,13H,6,8-10,16H2,1-5H3/t11-,13-/m0/s1. The van der Waals surface area contributed by atoms with Crippen molar-refractivity contribution in [1.82, 2.24) is 4.90 Å². The minimum atomic E-state index is -0.348. The van der Waals surface area contributed by atoms with Crippen LogP contribution in [0.3, 0.4) is 0 Å². The lowest BCUT2D eigenvalue weighted by Crippen LogP contribution is -2.48. The van der Waals surface area contributed by atoms with Crippen molar-refractivity contribution in [1.29, 1.82) is 0 Å². The maximum absolute atomic E-state index is 12.2. The molecule has 3 nitrogen and oxygen atoms in total. The average molecular weight is 252 g/mol. The monoisotopic (exact) mass is 252 g/mol. The number of carbonyl (C=O) groups excluding carboxylic acids is 1. The number of nitrogens with zero attached hydrogens (tertiary/aromatic N) is 1. The predicted octanol–water partition coefficient (Wildman–Crippen LogP) is 2.56. The van der Waals surface area contributed by atoms with Crippen LogP contribution in [0.2, 0.25) is 0 Å². The summed E-state index contributed by atoms with van der Waals surface area (Å²) in [7, 11) is 0. The van der Waals surface area contributed by atoms with E-state index >= 15 is 0 Å². The number of hydrogen-bond acceptors (Lipinski definition) is 2. The third-order valence-corrected chi connectivity index (χ3v) is 4.03. The Morgan fingerprint density at radius 3 is 2.50 bits per heavy atom. The Morgan fingerprint density at radius 1 is 1.50 bits per heavy atom. The van der Waals surface area contributed by atoms with Crippen LogP contribution in [-0.4, -0.2) is 29.9 Å². The van der Waals surface area contributed by atoms with Crippen molar-refractivity contribution in [2.45, 2.75) is 53.5 Å². The first-order chi connectivity index (χ1) is 8.27. The van der Waals surface area contributed by atoms with Crippen LogP contribution in [0.5, 0.6) is 0 Å². The van der Waals surface area contributed by atoms with Gasteiger partial charge in [-0.25, -0.2) is 0 Å². The summed E-state index contributed by atoms with van der Waals surface area (Å²) in [6.45, 7) is 12.3. The zero-order valence-corrected chi connectivity index (χ0v) is 12.5. The number of nitrogens with two attached hydrogens (primary N) is 1. The Kier molecular flexibility index (Phi) is 4.97. The van der Waals surface area contributed by atoms with Gasteiger partial charge in [0.2, 0.25) is 5.91 Å². The molecule has 3 heteroatoms. The zero-order valence-electron chi connectivity index (χ0n) is 12.5. The van der Waals surface area contributed by atoms with E-state index in [1.54, 1.807) is 0 Å². The van der Waals surface area contributed by atoms with Crippen LogP contribution in [0.4, 0.5) is 0 Å². The third kappa shape index (κ3) is 3.58. The topological polar surface area (TPSA) is 46.3 Å². The second kappa shape index (κ2) is 5.87. The number of rotatable bonds is 3. The van der Waals surface area contributed by atoms with E-state index in [4.69, 9.17) is 5.73 Å². The molecule has 2 atom stereocenters. The van der Waals surface area contributed by atoms with Gasteiger partial charge in [0.15, 0.2) is 0 Å². The van der Waals surface area contributed by atoms with Crippen LogP contribution in [0.25, 0.3) is 0 Å². The third-order valence-electron chi connectivity index (χ3n) is 4.03. The van der Waals surface area contributed by atoms with Crippen molar-refractivity contribution < 1.29 is 4.79 Å².